The minimum absolute atomic E-state index is 0.315. The van der Waals surface area contributed by atoms with E-state index in [0.717, 1.165) is 5.56 Å². The number of amides is 1. The van der Waals surface area contributed by atoms with Gasteiger partial charge in [0.05, 0.1) is 5.92 Å². The van der Waals surface area contributed by atoms with E-state index in [1.54, 1.807) is 29.6 Å². The van der Waals surface area contributed by atoms with E-state index in [0.29, 0.717) is 18.9 Å². The van der Waals surface area contributed by atoms with Crippen LogP contribution in [0.5, 0.6) is 0 Å². The summed E-state index contributed by atoms with van der Waals surface area (Å²) in [4.78, 5) is 22.7. The van der Waals surface area contributed by atoms with E-state index < -0.39 is 29.5 Å². The monoisotopic (exact) mass is 287 g/mol. The zero-order valence-electron chi connectivity index (χ0n) is 10.5. The number of carbonyl (C=O) groups excluding carboxylic acids is 1. The van der Waals surface area contributed by atoms with Gasteiger partial charge in [0.2, 0.25) is 11.4 Å². The van der Waals surface area contributed by atoms with Gasteiger partial charge in [0, 0.05) is 0 Å². The minimum Gasteiger partial charge on any atom is -0.479 e. The van der Waals surface area contributed by atoms with E-state index >= 15 is 0 Å². The van der Waals surface area contributed by atoms with E-state index in [2.05, 4.69) is 0 Å². The van der Waals surface area contributed by atoms with Crippen LogP contribution in [0.15, 0.2) is 24.3 Å². The molecule has 0 spiro atoms. The highest BCUT2D eigenvalue weighted by atomic mass is 19.4. The third kappa shape index (κ3) is 2.13. The van der Waals surface area contributed by atoms with Crippen LogP contribution in [0.2, 0.25) is 0 Å². The Morgan fingerprint density at radius 3 is 2.40 bits per heavy atom. The number of benzene rings is 1. The summed E-state index contributed by atoms with van der Waals surface area (Å²) in [6, 6.07) is 6.87. The zero-order valence-corrected chi connectivity index (χ0v) is 10.5. The number of hydrogen-bond acceptors (Lipinski definition) is 2. The Morgan fingerprint density at radius 2 is 1.90 bits per heavy atom. The maximum atomic E-state index is 12.8. The molecule has 0 aromatic heterocycles. The molecule has 1 aromatic rings. The molecular formula is C13H12F3NO3. The van der Waals surface area contributed by atoms with Gasteiger partial charge in [-0.15, -0.1) is 0 Å². The van der Waals surface area contributed by atoms with Crippen LogP contribution in [0.4, 0.5) is 13.2 Å². The molecule has 1 amide bonds. The van der Waals surface area contributed by atoms with Crippen LogP contribution in [0.25, 0.3) is 0 Å². The van der Waals surface area contributed by atoms with Gasteiger partial charge in [-0.25, -0.2) is 4.79 Å². The van der Waals surface area contributed by atoms with E-state index in [1.807, 2.05) is 0 Å². The van der Waals surface area contributed by atoms with E-state index in [4.69, 9.17) is 5.11 Å². The summed E-state index contributed by atoms with van der Waals surface area (Å²) in [5.74, 6) is -3.79. The van der Waals surface area contributed by atoms with Gasteiger partial charge >= 0.3 is 12.1 Å². The Morgan fingerprint density at radius 1 is 1.30 bits per heavy atom. The van der Waals surface area contributed by atoms with Crippen molar-refractivity contribution in [2.24, 2.45) is 0 Å². The molecule has 0 aliphatic heterocycles. The van der Waals surface area contributed by atoms with Gasteiger partial charge in [-0.2, -0.15) is 13.2 Å². The van der Waals surface area contributed by atoms with Crippen molar-refractivity contribution < 1.29 is 27.9 Å². The fourth-order valence-corrected chi connectivity index (χ4v) is 2.07. The van der Waals surface area contributed by atoms with Crippen LogP contribution in [-0.4, -0.2) is 28.7 Å². The van der Waals surface area contributed by atoms with Crippen LogP contribution in [0.3, 0.4) is 0 Å². The van der Waals surface area contributed by atoms with Gasteiger partial charge in [0.25, 0.3) is 0 Å². The fourth-order valence-electron chi connectivity index (χ4n) is 2.07. The van der Waals surface area contributed by atoms with E-state index in [9.17, 15) is 22.8 Å². The number of rotatable bonds is 3. The van der Waals surface area contributed by atoms with E-state index in [-0.39, 0.29) is 0 Å². The summed E-state index contributed by atoms with van der Waals surface area (Å²) >= 11 is 0. The first-order chi connectivity index (χ1) is 9.17. The van der Waals surface area contributed by atoms with Crippen LogP contribution in [-0.2, 0) is 16.0 Å². The molecule has 1 aliphatic rings. The quantitative estimate of drug-likeness (QED) is 0.891. The molecule has 0 radical (unpaired) electrons. The molecule has 2 rings (SSSR count). The number of carboxylic acids is 1. The Hall–Kier alpha value is -2.05. The van der Waals surface area contributed by atoms with Gasteiger partial charge in [0.1, 0.15) is 0 Å². The summed E-state index contributed by atoms with van der Waals surface area (Å²) in [6.07, 6.45) is -4.76. The first-order valence-corrected chi connectivity index (χ1v) is 5.87. The molecule has 20 heavy (non-hydrogen) atoms. The van der Waals surface area contributed by atoms with Gasteiger partial charge in [-0.3, -0.25) is 4.79 Å². The summed E-state index contributed by atoms with van der Waals surface area (Å²) < 4.78 is 38.4. The smallest absolute Gasteiger partial charge is 0.422 e. The molecule has 0 fully saturated rings. The normalized spacial score (nSPS) is 20.3. The molecule has 2 unspecified atom stereocenters. The van der Waals surface area contributed by atoms with Gasteiger partial charge in [0.15, 0.2) is 0 Å². The standard InChI is InChI=1S/C13H12F3NO3/c1-12(11(19)20,13(14,15)16)17-10(18)9-6-7-4-2-3-5-8(7)9/h2-5,9H,6H2,1H3,(H,17,18)(H,19,20). The summed E-state index contributed by atoms with van der Waals surface area (Å²) in [7, 11) is 0. The number of halogens is 3. The Balaban J connectivity index is 2.18. The molecule has 7 heteroatoms. The van der Waals surface area contributed by atoms with Gasteiger partial charge in [-0.1, -0.05) is 24.3 Å². The summed E-state index contributed by atoms with van der Waals surface area (Å²) in [5, 5.41) is 10.4. The topological polar surface area (TPSA) is 66.4 Å². The SMILES string of the molecule is CC(NC(=O)C1Cc2ccccc21)(C(=O)O)C(F)(F)F. The number of carboxylic acid groups (broad SMARTS) is 1. The highest BCUT2D eigenvalue weighted by molar-refractivity contribution is 5.92. The average Bonchev–Trinajstić information content (AvgIpc) is 2.28. The van der Waals surface area contributed by atoms with Crippen molar-refractivity contribution in [1.29, 1.82) is 0 Å². The van der Waals surface area contributed by atoms with Crippen molar-refractivity contribution in [2.45, 2.75) is 31.0 Å². The lowest BCUT2D eigenvalue weighted by molar-refractivity contribution is -0.207. The van der Waals surface area contributed by atoms with Crippen LogP contribution < -0.4 is 5.32 Å². The molecule has 108 valence electrons. The largest absolute Gasteiger partial charge is 0.479 e. The maximum Gasteiger partial charge on any atom is 0.422 e. The van der Waals surface area contributed by atoms with Gasteiger partial charge < -0.3 is 10.4 Å². The van der Waals surface area contributed by atoms with E-state index in [1.165, 1.54) is 0 Å². The molecule has 2 N–H and O–H groups in total. The van der Waals surface area contributed by atoms with Crippen molar-refractivity contribution in [1.82, 2.24) is 5.32 Å². The molecule has 1 aromatic carbocycles. The second-order valence-electron chi connectivity index (χ2n) is 4.87. The Kier molecular flexibility index (Phi) is 3.23. The van der Waals surface area contributed by atoms with Crippen molar-refractivity contribution in [3.8, 4) is 0 Å². The minimum atomic E-state index is -5.07. The predicted molar refractivity (Wildman–Crippen MR) is 63.1 cm³/mol. The molecule has 0 saturated heterocycles. The first-order valence-electron chi connectivity index (χ1n) is 5.87. The number of nitrogens with one attached hydrogen (secondary N) is 1. The fraction of sp³-hybridized carbons (Fsp3) is 0.385. The molecular weight excluding hydrogens is 275 g/mol. The average molecular weight is 287 g/mol. The lowest BCUT2D eigenvalue weighted by atomic mass is 9.76. The molecule has 0 saturated carbocycles. The molecule has 4 nitrogen and oxygen atoms in total. The summed E-state index contributed by atoms with van der Waals surface area (Å²) in [6.45, 7) is 0.442. The van der Waals surface area contributed by atoms with Crippen molar-refractivity contribution >= 4 is 11.9 Å². The lowest BCUT2D eigenvalue weighted by Crippen LogP contribution is -2.63. The first kappa shape index (κ1) is 14.4. The molecule has 1 aliphatic carbocycles. The van der Waals surface area contributed by atoms with Crippen LogP contribution in [0, 0.1) is 0 Å². The number of hydrogen-bond donors (Lipinski definition) is 2. The van der Waals surface area contributed by atoms with Crippen LogP contribution >= 0.6 is 0 Å². The third-order valence-electron chi connectivity index (χ3n) is 3.54. The van der Waals surface area contributed by atoms with Crippen molar-refractivity contribution in [3.63, 3.8) is 0 Å². The van der Waals surface area contributed by atoms with Crippen molar-refractivity contribution in [3.05, 3.63) is 35.4 Å². The zero-order chi connectivity index (χ0) is 15.1. The maximum absolute atomic E-state index is 12.8. The summed E-state index contributed by atoms with van der Waals surface area (Å²) in [5.41, 5.74) is -1.76. The second kappa shape index (κ2) is 4.50. The van der Waals surface area contributed by atoms with Crippen LogP contribution in [0.1, 0.15) is 24.0 Å². The third-order valence-corrected chi connectivity index (χ3v) is 3.54. The van der Waals surface area contributed by atoms with Gasteiger partial charge in [-0.05, 0) is 24.5 Å². The molecule has 0 heterocycles. The lowest BCUT2D eigenvalue weighted by Gasteiger charge is -2.34. The number of aliphatic carboxylic acids is 1. The number of carbonyl (C=O) groups is 2. The Labute approximate surface area is 112 Å². The predicted octanol–water partition coefficient (Wildman–Crippen LogP) is 1.85. The second-order valence-corrected chi connectivity index (χ2v) is 4.87. The molecule has 2 atom stereocenters. The number of alkyl halides is 3. The highest BCUT2D eigenvalue weighted by Crippen LogP contribution is 2.37. The highest BCUT2D eigenvalue weighted by Gasteiger charge is 2.59. The Bertz CT molecular complexity index is 570. The van der Waals surface area contributed by atoms with Crippen molar-refractivity contribution in [2.75, 3.05) is 0 Å². The number of fused-ring (bicyclic) bond motifs is 1. The molecule has 0 bridgehead atoms.